The van der Waals surface area contributed by atoms with Crippen LogP contribution in [0.5, 0.6) is 0 Å². The first-order valence-electron chi connectivity index (χ1n) is 4.64. The van der Waals surface area contributed by atoms with Gasteiger partial charge in [0.25, 0.3) is 0 Å². The van der Waals surface area contributed by atoms with E-state index < -0.39 is 12.1 Å². The third kappa shape index (κ3) is 3.70. The molecule has 0 saturated heterocycles. The maximum absolute atomic E-state index is 11.1. The number of carbonyl (C=O) groups is 2. The molecule has 0 saturated carbocycles. The van der Waals surface area contributed by atoms with E-state index >= 15 is 0 Å². The van der Waals surface area contributed by atoms with E-state index in [1.807, 2.05) is 0 Å². The van der Waals surface area contributed by atoms with Gasteiger partial charge in [-0.05, 0) is 6.92 Å². The summed E-state index contributed by atoms with van der Waals surface area (Å²) < 4.78 is 4.91. The fourth-order valence-corrected chi connectivity index (χ4v) is 1.32. The molecular formula is C10H14O4. The van der Waals surface area contributed by atoms with Gasteiger partial charge < -0.3 is 9.84 Å². The molecule has 2 atom stereocenters. The Morgan fingerprint density at radius 3 is 2.93 bits per heavy atom. The number of hydrogen-bond donors (Lipinski definition) is 1. The molecule has 1 aliphatic heterocycles. The average molecular weight is 198 g/mol. The minimum atomic E-state index is -0.649. The predicted molar refractivity (Wildman–Crippen MR) is 49.6 cm³/mol. The van der Waals surface area contributed by atoms with Gasteiger partial charge in [-0.25, -0.2) is 0 Å². The zero-order valence-electron chi connectivity index (χ0n) is 8.10. The summed E-state index contributed by atoms with van der Waals surface area (Å²) in [6.07, 6.45) is 2.53. The Kier molecular flexibility index (Phi) is 3.83. The van der Waals surface area contributed by atoms with Gasteiger partial charge in [0.15, 0.2) is 0 Å². The van der Waals surface area contributed by atoms with Crippen molar-refractivity contribution in [3.63, 3.8) is 0 Å². The van der Waals surface area contributed by atoms with Crippen LogP contribution < -0.4 is 0 Å². The van der Waals surface area contributed by atoms with Crippen LogP contribution in [-0.2, 0) is 14.3 Å². The molecular weight excluding hydrogens is 184 g/mol. The fourth-order valence-electron chi connectivity index (χ4n) is 1.32. The van der Waals surface area contributed by atoms with Crippen molar-refractivity contribution < 1.29 is 19.4 Å². The summed E-state index contributed by atoms with van der Waals surface area (Å²) in [5.41, 5.74) is 0. The van der Waals surface area contributed by atoms with Gasteiger partial charge in [0, 0.05) is 12.8 Å². The summed E-state index contributed by atoms with van der Waals surface area (Å²) in [7, 11) is 0. The minimum Gasteiger partial charge on any atom is -0.462 e. The van der Waals surface area contributed by atoms with Crippen LogP contribution in [0.1, 0.15) is 26.2 Å². The molecule has 0 aliphatic carbocycles. The van der Waals surface area contributed by atoms with E-state index in [0.717, 1.165) is 0 Å². The summed E-state index contributed by atoms with van der Waals surface area (Å²) in [5, 5.41) is 9.38. The first-order chi connectivity index (χ1) is 6.58. The van der Waals surface area contributed by atoms with Crippen LogP contribution in [-0.4, -0.2) is 29.1 Å². The second kappa shape index (κ2) is 4.91. The van der Waals surface area contributed by atoms with Crippen LogP contribution in [0.3, 0.4) is 0 Å². The van der Waals surface area contributed by atoms with Crippen LogP contribution in [0, 0.1) is 0 Å². The van der Waals surface area contributed by atoms with E-state index in [1.54, 1.807) is 19.1 Å². The molecule has 1 aliphatic rings. The van der Waals surface area contributed by atoms with E-state index in [1.165, 1.54) is 0 Å². The van der Waals surface area contributed by atoms with Gasteiger partial charge in [-0.3, -0.25) is 9.59 Å². The molecule has 0 radical (unpaired) electrons. The molecule has 1 heterocycles. The standard InChI is InChI=1S/C10H14O4/c1-7-5-8(11)3-2-4-9(12)6-10(13)14-7/h2-3,7-8,11H,4-6H2,1H3. The van der Waals surface area contributed by atoms with Gasteiger partial charge >= 0.3 is 5.97 Å². The number of allylic oxidation sites excluding steroid dienone is 1. The molecule has 1 rings (SSSR count). The third-order valence-corrected chi connectivity index (χ3v) is 1.95. The molecule has 0 amide bonds. The first kappa shape index (κ1) is 10.9. The quantitative estimate of drug-likeness (QED) is 0.351. The maximum Gasteiger partial charge on any atom is 0.313 e. The molecule has 2 unspecified atom stereocenters. The molecule has 0 aromatic carbocycles. The number of carbonyl (C=O) groups excluding carboxylic acids is 2. The highest BCUT2D eigenvalue weighted by atomic mass is 16.5. The summed E-state index contributed by atoms with van der Waals surface area (Å²) in [5.74, 6) is -0.697. The Morgan fingerprint density at radius 2 is 2.21 bits per heavy atom. The normalized spacial score (nSPS) is 29.9. The van der Waals surface area contributed by atoms with E-state index in [4.69, 9.17) is 4.74 Å². The van der Waals surface area contributed by atoms with Gasteiger partial charge in [-0.15, -0.1) is 0 Å². The Morgan fingerprint density at radius 1 is 1.50 bits per heavy atom. The van der Waals surface area contributed by atoms with Gasteiger partial charge in [0.2, 0.25) is 0 Å². The zero-order chi connectivity index (χ0) is 10.6. The molecule has 78 valence electrons. The number of aliphatic hydroxyl groups excluding tert-OH is 1. The third-order valence-electron chi connectivity index (χ3n) is 1.95. The lowest BCUT2D eigenvalue weighted by Crippen LogP contribution is -2.22. The number of ether oxygens (including phenoxy) is 1. The Hall–Kier alpha value is -1.16. The highest BCUT2D eigenvalue weighted by Crippen LogP contribution is 2.08. The second-order valence-electron chi connectivity index (χ2n) is 3.45. The molecule has 0 spiro atoms. The molecule has 4 heteroatoms. The van der Waals surface area contributed by atoms with Crippen molar-refractivity contribution in [2.45, 2.75) is 38.4 Å². The molecule has 0 aromatic rings. The number of esters is 1. The number of rotatable bonds is 0. The van der Waals surface area contributed by atoms with Crippen LogP contribution in [0.2, 0.25) is 0 Å². The topological polar surface area (TPSA) is 63.6 Å². The molecule has 1 N–H and O–H groups in total. The van der Waals surface area contributed by atoms with Crippen LogP contribution in [0.4, 0.5) is 0 Å². The van der Waals surface area contributed by atoms with E-state index in [0.29, 0.717) is 6.42 Å². The first-order valence-corrected chi connectivity index (χ1v) is 4.64. The largest absolute Gasteiger partial charge is 0.462 e. The molecule has 0 fully saturated rings. The Labute approximate surface area is 82.6 Å². The molecule has 14 heavy (non-hydrogen) atoms. The van der Waals surface area contributed by atoms with Gasteiger partial charge in [-0.2, -0.15) is 0 Å². The Balaban J connectivity index is 2.65. The number of ketones is 1. The van der Waals surface area contributed by atoms with Crippen molar-refractivity contribution in [3.05, 3.63) is 12.2 Å². The zero-order valence-corrected chi connectivity index (χ0v) is 8.10. The maximum atomic E-state index is 11.1. The van der Waals surface area contributed by atoms with Crippen molar-refractivity contribution in [1.29, 1.82) is 0 Å². The lowest BCUT2D eigenvalue weighted by Gasteiger charge is -2.16. The van der Waals surface area contributed by atoms with Crippen LogP contribution in [0.15, 0.2) is 12.2 Å². The predicted octanol–water partition coefficient (Wildman–Crippen LogP) is 0.588. The molecule has 0 aromatic heterocycles. The van der Waals surface area contributed by atoms with Crippen molar-refractivity contribution in [2.24, 2.45) is 0 Å². The minimum absolute atomic E-state index is 0.176. The molecule has 0 bridgehead atoms. The second-order valence-corrected chi connectivity index (χ2v) is 3.45. The van der Waals surface area contributed by atoms with Crippen molar-refractivity contribution >= 4 is 11.8 Å². The lowest BCUT2D eigenvalue weighted by atomic mass is 10.1. The number of Topliss-reactive ketones (excluding diaryl/α,β-unsaturated/α-hetero) is 1. The highest BCUT2D eigenvalue weighted by molar-refractivity contribution is 5.96. The summed E-state index contributed by atoms with van der Waals surface area (Å²) in [6, 6.07) is 0. The number of cyclic esters (lactones) is 1. The van der Waals surface area contributed by atoms with Crippen molar-refractivity contribution in [2.75, 3.05) is 0 Å². The highest BCUT2D eigenvalue weighted by Gasteiger charge is 2.16. The van der Waals surface area contributed by atoms with E-state index in [2.05, 4.69) is 0 Å². The van der Waals surface area contributed by atoms with Crippen molar-refractivity contribution in [1.82, 2.24) is 0 Å². The van der Waals surface area contributed by atoms with Gasteiger partial charge in [-0.1, -0.05) is 12.2 Å². The van der Waals surface area contributed by atoms with Crippen molar-refractivity contribution in [3.8, 4) is 0 Å². The monoisotopic (exact) mass is 198 g/mol. The van der Waals surface area contributed by atoms with Gasteiger partial charge in [0.1, 0.15) is 18.3 Å². The van der Waals surface area contributed by atoms with Gasteiger partial charge in [0.05, 0.1) is 6.10 Å². The number of aliphatic hydroxyl groups is 1. The van der Waals surface area contributed by atoms with Crippen LogP contribution >= 0.6 is 0 Å². The van der Waals surface area contributed by atoms with E-state index in [9.17, 15) is 14.7 Å². The summed E-state index contributed by atoms with van der Waals surface area (Å²) in [6.45, 7) is 1.70. The number of hydrogen-bond acceptors (Lipinski definition) is 4. The fraction of sp³-hybridized carbons (Fsp3) is 0.600. The SMILES string of the molecule is CC1CC(O)C=CCC(=O)CC(=O)O1. The molecule has 4 nitrogen and oxygen atoms in total. The smallest absolute Gasteiger partial charge is 0.313 e. The summed E-state index contributed by atoms with van der Waals surface area (Å²) in [4.78, 5) is 22.2. The average Bonchev–Trinajstić information content (AvgIpc) is 2.01. The van der Waals surface area contributed by atoms with Crippen LogP contribution in [0.25, 0.3) is 0 Å². The summed E-state index contributed by atoms with van der Waals surface area (Å²) >= 11 is 0. The Bertz CT molecular complexity index is 257. The lowest BCUT2D eigenvalue weighted by molar-refractivity contribution is -0.151. The van der Waals surface area contributed by atoms with E-state index in [-0.39, 0.29) is 24.7 Å².